The summed E-state index contributed by atoms with van der Waals surface area (Å²) in [6, 6.07) is 0. The Kier molecular flexibility index (Phi) is 6.70. The standard InChI is InChI=1S/C4H12N2O2/c7-3-1-5-6-2-4-8/h5-8H,1-4H2. The number of rotatable bonds is 5. The van der Waals surface area contributed by atoms with Crippen molar-refractivity contribution in [1.82, 2.24) is 10.9 Å². The molecule has 0 aromatic heterocycles. The predicted octanol–water partition coefficient (Wildman–Crippen LogP) is -1.93. The average Bonchev–Trinajstić information content (AvgIpc) is 1.81. The van der Waals surface area contributed by atoms with E-state index in [9.17, 15) is 0 Å². The van der Waals surface area contributed by atoms with Gasteiger partial charge in [-0.2, -0.15) is 0 Å². The summed E-state index contributed by atoms with van der Waals surface area (Å²) in [5, 5.41) is 16.4. The van der Waals surface area contributed by atoms with Crippen LogP contribution in [0.4, 0.5) is 0 Å². The molecule has 0 amide bonds. The molecule has 4 nitrogen and oxygen atoms in total. The third-order valence-corrected chi connectivity index (χ3v) is 0.599. The van der Waals surface area contributed by atoms with Gasteiger partial charge in [-0.05, 0) is 0 Å². The van der Waals surface area contributed by atoms with E-state index < -0.39 is 0 Å². The van der Waals surface area contributed by atoms with Gasteiger partial charge < -0.3 is 10.2 Å². The molecule has 0 aliphatic carbocycles. The van der Waals surface area contributed by atoms with Crippen molar-refractivity contribution in [2.24, 2.45) is 0 Å². The van der Waals surface area contributed by atoms with Crippen LogP contribution in [-0.2, 0) is 0 Å². The van der Waals surface area contributed by atoms with Crippen molar-refractivity contribution < 1.29 is 10.2 Å². The molecule has 0 aliphatic heterocycles. The lowest BCUT2D eigenvalue weighted by molar-refractivity contribution is 0.261. The summed E-state index contributed by atoms with van der Waals surface area (Å²) >= 11 is 0. The Morgan fingerprint density at radius 2 is 1.25 bits per heavy atom. The van der Waals surface area contributed by atoms with Crippen molar-refractivity contribution in [2.45, 2.75) is 0 Å². The van der Waals surface area contributed by atoms with Crippen molar-refractivity contribution in [3.8, 4) is 0 Å². The average molecular weight is 120 g/mol. The maximum atomic E-state index is 8.20. The van der Waals surface area contributed by atoms with Crippen molar-refractivity contribution in [1.29, 1.82) is 0 Å². The van der Waals surface area contributed by atoms with E-state index in [0.717, 1.165) is 0 Å². The van der Waals surface area contributed by atoms with Gasteiger partial charge in [-0.3, -0.25) is 10.9 Å². The Labute approximate surface area is 48.5 Å². The lowest BCUT2D eigenvalue weighted by atomic mass is 10.7. The molecule has 0 saturated carbocycles. The van der Waals surface area contributed by atoms with Gasteiger partial charge in [0.25, 0.3) is 0 Å². The normalized spacial score (nSPS) is 9.75. The Morgan fingerprint density at radius 1 is 0.875 bits per heavy atom. The van der Waals surface area contributed by atoms with Gasteiger partial charge in [0.2, 0.25) is 0 Å². The van der Waals surface area contributed by atoms with Crippen LogP contribution in [-0.4, -0.2) is 36.5 Å². The molecule has 50 valence electrons. The molecular weight excluding hydrogens is 108 g/mol. The first kappa shape index (κ1) is 7.84. The maximum absolute atomic E-state index is 8.20. The fourth-order valence-electron chi connectivity index (χ4n) is 0.289. The SMILES string of the molecule is OCCNNCCO. The lowest BCUT2D eigenvalue weighted by Crippen LogP contribution is -2.35. The molecule has 0 aromatic carbocycles. The van der Waals surface area contributed by atoms with Crippen molar-refractivity contribution in [3.63, 3.8) is 0 Å². The highest BCUT2D eigenvalue weighted by atomic mass is 16.3. The van der Waals surface area contributed by atoms with Crippen molar-refractivity contribution in [2.75, 3.05) is 26.3 Å². The van der Waals surface area contributed by atoms with Crippen LogP contribution in [0.1, 0.15) is 0 Å². The molecule has 0 spiro atoms. The minimum atomic E-state index is 0.110. The summed E-state index contributed by atoms with van der Waals surface area (Å²) in [5.74, 6) is 0. The molecule has 8 heavy (non-hydrogen) atoms. The van der Waals surface area contributed by atoms with Crippen LogP contribution in [0, 0.1) is 0 Å². The van der Waals surface area contributed by atoms with E-state index in [0.29, 0.717) is 13.1 Å². The maximum Gasteiger partial charge on any atom is 0.0569 e. The fraction of sp³-hybridized carbons (Fsp3) is 1.00. The first-order chi connectivity index (χ1) is 3.91. The van der Waals surface area contributed by atoms with Crippen LogP contribution in [0.3, 0.4) is 0 Å². The highest BCUT2D eigenvalue weighted by molar-refractivity contribution is 4.36. The zero-order valence-electron chi connectivity index (χ0n) is 4.72. The highest BCUT2D eigenvalue weighted by Crippen LogP contribution is 1.50. The molecule has 0 aromatic rings. The number of aliphatic hydroxyl groups is 2. The van der Waals surface area contributed by atoms with E-state index in [2.05, 4.69) is 10.9 Å². The van der Waals surface area contributed by atoms with Gasteiger partial charge in [0, 0.05) is 13.1 Å². The van der Waals surface area contributed by atoms with Gasteiger partial charge in [-0.25, -0.2) is 0 Å². The topological polar surface area (TPSA) is 64.5 Å². The number of hydrogen-bond donors (Lipinski definition) is 4. The third-order valence-electron chi connectivity index (χ3n) is 0.599. The minimum Gasteiger partial charge on any atom is -0.395 e. The molecule has 4 heteroatoms. The van der Waals surface area contributed by atoms with Gasteiger partial charge in [0.05, 0.1) is 13.2 Å². The number of hydrazine groups is 1. The molecule has 0 atom stereocenters. The molecule has 0 bridgehead atoms. The van der Waals surface area contributed by atoms with E-state index in [1.54, 1.807) is 0 Å². The van der Waals surface area contributed by atoms with Gasteiger partial charge >= 0.3 is 0 Å². The Bertz CT molecular complexity index is 37.0. The smallest absolute Gasteiger partial charge is 0.0569 e. The monoisotopic (exact) mass is 120 g/mol. The van der Waals surface area contributed by atoms with Crippen LogP contribution in [0.2, 0.25) is 0 Å². The zero-order valence-corrected chi connectivity index (χ0v) is 4.72. The molecule has 0 radical (unpaired) electrons. The van der Waals surface area contributed by atoms with Gasteiger partial charge in [-0.15, -0.1) is 0 Å². The molecule has 0 saturated heterocycles. The largest absolute Gasteiger partial charge is 0.395 e. The van der Waals surface area contributed by atoms with E-state index >= 15 is 0 Å². The molecule has 0 fully saturated rings. The lowest BCUT2D eigenvalue weighted by Gasteiger charge is -2.00. The molecule has 0 unspecified atom stereocenters. The summed E-state index contributed by atoms with van der Waals surface area (Å²) < 4.78 is 0. The Hall–Kier alpha value is -0.160. The zero-order chi connectivity index (χ0) is 6.24. The van der Waals surface area contributed by atoms with Crippen LogP contribution in [0.15, 0.2) is 0 Å². The van der Waals surface area contributed by atoms with Crippen molar-refractivity contribution >= 4 is 0 Å². The second-order valence-corrected chi connectivity index (χ2v) is 1.30. The fourth-order valence-corrected chi connectivity index (χ4v) is 0.289. The van der Waals surface area contributed by atoms with E-state index in [1.807, 2.05) is 0 Å². The summed E-state index contributed by atoms with van der Waals surface area (Å²) in [4.78, 5) is 0. The van der Waals surface area contributed by atoms with Gasteiger partial charge in [-0.1, -0.05) is 0 Å². The summed E-state index contributed by atoms with van der Waals surface area (Å²) in [5.41, 5.74) is 5.35. The van der Waals surface area contributed by atoms with Crippen LogP contribution in [0.25, 0.3) is 0 Å². The highest BCUT2D eigenvalue weighted by Gasteiger charge is 1.79. The minimum absolute atomic E-state index is 0.110. The van der Waals surface area contributed by atoms with E-state index in [1.165, 1.54) is 0 Å². The van der Waals surface area contributed by atoms with Crippen LogP contribution < -0.4 is 10.9 Å². The second-order valence-electron chi connectivity index (χ2n) is 1.30. The Balaban J connectivity index is 2.53. The third kappa shape index (κ3) is 5.84. The van der Waals surface area contributed by atoms with Crippen LogP contribution in [0.5, 0.6) is 0 Å². The molecule has 0 aliphatic rings. The van der Waals surface area contributed by atoms with Gasteiger partial charge in [0.1, 0.15) is 0 Å². The van der Waals surface area contributed by atoms with E-state index in [4.69, 9.17) is 10.2 Å². The first-order valence-electron chi connectivity index (χ1n) is 2.59. The van der Waals surface area contributed by atoms with Crippen molar-refractivity contribution in [3.05, 3.63) is 0 Å². The summed E-state index contributed by atoms with van der Waals surface area (Å²) in [7, 11) is 0. The number of hydrogen-bond acceptors (Lipinski definition) is 4. The van der Waals surface area contributed by atoms with E-state index in [-0.39, 0.29) is 13.2 Å². The van der Waals surface area contributed by atoms with Crippen LogP contribution >= 0.6 is 0 Å². The molecule has 4 N–H and O–H groups in total. The molecular formula is C4H12N2O2. The summed E-state index contributed by atoms with van der Waals surface area (Å²) in [6.45, 7) is 1.25. The molecule has 0 rings (SSSR count). The first-order valence-corrected chi connectivity index (χ1v) is 2.59. The summed E-state index contributed by atoms with van der Waals surface area (Å²) in [6.07, 6.45) is 0. The second kappa shape index (κ2) is 6.84. The predicted molar refractivity (Wildman–Crippen MR) is 30.2 cm³/mol. The molecule has 0 heterocycles. The quantitative estimate of drug-likeness (QED) is 0.252. The Morgan fingerprint density at radius 3 is 1.50 bits per heavy atom. The number of aliphatic hydroxyl groups excluding tert-OH is 2. The van der Waals surface area contributed by atoms with Gasteiger partial charge in [0.15, 0.2) is 0 Å². The number of nitrogens with one attached hydrogen (secondary N) is 2.